The second-order valence-electron chi connectivity index (χ2n) is 6.24. The molecule has 6 nitrogen and oxygen atoms in total. The highest BCUT2D eigenvalue weighted by molar-refractivity contribution is 6.08. The van der Waals surface area contributed by atoms with Crippen molar-refractivity contribution in [1.82, 2.24) is 0 Å². The van der Waals surface area contributed by atoms with E-state index in [0.29, 0.717) is 23.5 Å². The summed E-state index contributed by atoms with van der Waals surface area (Å²) in [6.07, 6.45) is 0. The van der Waals surface area contributed by atoms with Crippen molar-refractivity contribution < 1.29 is 14.1 Å². The molecule has 0 aliphatic heterocycles. The number of non-ortho nitro benzene ring substituents is 1. The molecule has 142 valence electrons. The van der Waals surface area contributed by atoms with Crippen LogP contribution in [0.1, 0.15) is 21.5 Å². The molecule has 3 aromatic carbocycles. The summed E-state index contributed by atoms with van der Waals surface area (Å²) in [6.45, 7) is 2.12. The molecule has 0 atom stereocenters. The van der Waals surface area contributed by atoms with Gasteiger partial charge < -0.3 is 10.6 Å². The molecule has 3 rings (SSSR count). The van der Waals surface area contributed by atoms with Gasteiger partial charge in [0.2, 0.25) is 0 Å². The fraction of sp³-hybridized carbons (Fsp3) is 0.0952. The molecule has 3 aromatic rings. The Hall–Kier alpha value is -3.74. The van der Waals surface area contributed by atoms with Crippen molar-refractivity contribution in [2.24, 2.45) is 0 Å². The first kappa shape index (κ1) is 19.0. The van der Waals surface area contributed by atoms with Crippen LogP contribution in [-0.2, 0) is 6.54 Å². The van der Waals surface area contributed by atoms with E-state index in [2.05, 4.69) is 10.6 Å². The van der Waals surface area contributed by atoms with Crippen LogP contribution < -0.4 is 10.6 Å². The molecular weight excluding hydrogens is 361 g/mol. The zero-order valence-corrected chi connectivity index (χ0v) is 15.1. The van der Waals surface area contributed by atoms with Gasteiger partial charge in [-0.25, -0.2) is 4.39 Å². The van der Waals surface area contributed by atoms with E-state index in [-0.39, 0.29) is 11.3 Å². The van der Waals surface area contributed by atoms with Gasteiger partial charge in [0.1, 0.15) is 5.82 Å². The minimum Gasteiger partial charge on any atom is -0.380 e. The summed E-state index contributed by atoms with van der Waals surface area (Å²) in [6, 6.07) is 17.6. The molecule has 0 fully saturated rings. The first-order valence-electron chi connectivity index (χ1n) is 8.58. The third kappa shape index (κ3) is 4.50. The molecule has 0 radical (unpaired) electrons. The maximum absolute atomic E-state index is 13.3. The number of rotatable bonds is 6. The number of anilines is 2. The van der Waals surface area contributed by atoms with Gasteiger partial charge in [0.15, 0.2) is 0 Å². The predicted molar refractivity (Wildman–Crippen MR) is 106 cm³/mol. The molecule has 7 heteroatoms. The topological polar surface area (TPSA) is 84.3 Å². The van der Waals surface area contributed by atoms with Crippen molar-refractivity contribution in [1.29, 1.82) is 0 Å². The maximum Gasteiger partial charge on any atom is 0.270 e. The third-order valence-electron chi connectivity index (χ3n) is 4.22. The molecule has 0 aliphatic rings. The molecule has 0 bridgehead atoms. The van der Waals surface area contributed by atoms with Crippen molar-refractivity contribution in [3.05, 3.63) is 99.4 Å². The van der Waals surface area contributed by atoms with Gasteiger partial charge in [0.05, 0.1) is 10.5 Å². The lowest BCUT2D eigenvalue weighted by Gasteiger charge is -2.13. The van der Waals surface area contributed by atoms with E-state index in [0.717, 1.165) is 5.56 Å². The Bertz CT molecular complexity index is 1020. The SMILES string of the molecule is Cc1cc(F)ccc1NC(=O)c1cc([N+](=O)[O-])ccc1NCc1ccccc1. The minimum absolute atomic E-state index is 0.133. The van der Waals surface area contributed by atoms with Crippen LogP contribution in [0.4, 0.5) is 21.5 Å². The third-order valence-corrected chi connectivity index (χ3v) is 4.22. The minimum atomic E-state index is -0.555. The summed E-state index contributed by atoms with van der Waals surface area (Å²) >= 11 is 0. The van der Waals surface area contributed by atoms with Crippen LogP contribution in [0.25, 0.3) is 0 Å². The molecule has 0 spiro atoms. The molecule has 0 saturated carbocycles. The molecule has 1 amide bonds. The van der Waals surface area contributed by atoms with Gasteiger partial charge in [-0.15, -0.1) is 0 Å². The van der Waals surface area contributed by atoms with Gasteiger partial charge in [-0.1, -0.05) is 30.3 Å². The highest BCUT2D eigenvalue weighted by Gasteiger charge is 2.17. The lowest BCUT2D eigenvalue weighted by molar-refractivity contribution is -0.384. The van der Waals surface area contributed by atoms with Crippen molar-refractivity contribution in [2.45, 2.75) is 13.5 Å². The lowest BCUT2D eigenvalue weighted by Crippen LogP contribution is -2.16. The Labute approximate surface area is 161 Å². The van der Waals surface area contributed by atoms with Gasteiger partial charge >= 0.3 is 0 Å². The first-order chi connectivity index (χ1) is 13.4. The zero-order valence-electron chi connectivity index (χ0n) is 15.1. The molecular formula is C21H18FN3O3. The van der Waals surface area contributed by atoms with Crippen LogP contribution in [0.2, 0.25) is 0 Å². The van der Waals surface area contributed by atoms with E-state index in [9.17, 15) is 19.3 Å². The highest BCUT2D eigenvalue weighted by atomic mass is 19.1. The first-order valence-corrected chi connectivity index (χ1v) is 8.58. The van der Waals surface area contributed by atoms with Crippen LogP contribution >= 0.6 is 0 Å². The largest absolute Gasteiger partial charge is 0.380 e. The number of halogens is 1. The molecule has 0 unspecified atom stereocenters. The van der Waals surface area contributed by atoms with Gasteiger partial charge in [-0.2, -0.15) is 0 Å². The van der Waals surface area contributed by atoms with Crippen LogP contribution in [-0.4, -0.2) is 10.8 Å². The summed E-state index contributed by atoms with van der Waals surface area (Å²) in [5.74, 6) is -0.926. The number of aryl methyl sites for hydroxylation is 1. The van der Waals surface area contributed by atoms with Gasteiger partial charge in [0, 0.05) is 30.1 Å². The summed E-state index contributed by atoms with van der Waals surface area (Å²) in [4.78, 5) is 23.4. The average molecular weight is 379 g/mol. The van der Waals surface area contributed by atoms with Crippen molar-refractivity contribution in [3.63, 3.8) is 0 Å². The molecule has 2 N–H and O–H groups in total. The van der Waals surface area contributed by atoms with Crippen LogP contribution in [0.5, 0.6) is 0 Å². The summed E-state index contributed by atoms with van der Waals surface area (Å²) in [5, 5.41) is 17.0. The number of hydrogen-bond donors (Lipinski definition) is 2. The number of benzene rings is 3. The maximum atomic E-state index is 13.3. The molecule has 28 heavy (non-hydrogen) atoms. The highest BCUT2D eigenvalue weighted by Crippen LogP contribution is 2.25. The predicted octanol–water partition coefficient (Wildman–Crippen LogP) is 4.91. The number of hydrogen-bond acceptors (Lipinski definition) is 4. The van der Waals surface area contributed by atoms with E-state index in [1.807, 2.05) is 30.3 Å². The van der Waals surface area contributed by atoms with E-state index in [1.54, 1.807) is 6.92 Å². The second kappa shape index (κ2) is 8.30. The normalized spacial score (nSPS) is 10.4. The van der Waals surface area contributed by atoms with Crippen LogP contribution in [0.15, 0.2) is 66.7 Å². The Morgan fingerprint density at radius 2 is 1.75 bits per heavy atom. The monoisotopic (exact) mass is 379 g/mol. The van der Waals surface area contributed by atoms with Crippen molar-refractivity contribution in [3.8, 4) is 0 Å². The number of nitro groups is 1. The molecule has 0 heterocycles. The van der Waals surface area contributed by atoms with E-state index in [1.165, 1.54) is 36.4 Å². The smallest absolute Gasteiger partial charge is 0.270 e. The van der Waals surface area contributed by atoms with E-state index < -0.39 is 16.6 Å². The number of amides is 1. The zero-order chi connectivity index (χ0) is 20.1. The number of carbonyl (C=O) groups excluding carboxylic acids is 1. The Morgan fingerprint density at radius 3 is 2.43 bits per heavy atom. The Balaban J connectivity index is 1.88. The van der Waals surface area contributed by atoms with Crippen LogP contribution in [0, 0.1) is 22.9 Å². The van der Waals surface area contributed by atoms with Crippen LogP contribution in [0.3, 0.4) is 0 Å². The molecule has 0 aliphatic carbocycles. The fourth-order valence-corrected chi connectivity index (χ4v) is 2.74. The Morgan fingerprint density at radius 1 is 1.04 bits per heavy atom. The van der Waals surface area contributed by atoms with Gasteiger partial charge in [-0.05, 0) is 42.3 Å². The van der Waals surface area contributed by atoms with E-state index in [4.69, 9.17) is 0 Å². The molecule has 0 aromatic heterocycles. The van der Waals surface area contributed by atoms with Crippen molar-refractivity contribution in [2.75, 3.05) is 10.6 Å². The quantitative estimate of drug-likeness (QED) is 0.471. The van der Waals surface area contributed by atoms with E-state index >= 15 is 0 Å². The summed E-state index contributed by atoms with van der Waals surface area (Å²) in [5.41, 5.74) is 2.40. The standard InChI is InChI=1S/C21H18FN3O3/c1-14-11-16(22)7-9-19(14)24-21(26)18-12-17(25(27)28)8-10-20(18)23-13-15-5-3-2-4-6-15/h2-12,23H,13H2,1H3,(H,24,26). The van der Waals surface area contributed by atoms with Gasteiger partial charge in [-0.3, -0.25) is 14.9 Å². The second-order valence-corrected chi connectivity index (χ2v) is 6.24. The summed E-state index contributed by atoms with van der Waals surface area (Å²) < 4.78 is 13.3. The lowest BCUT2D eigenvalue weighted by atomic mass is 10.1. The Kier molecular flexibility index (Phi) is 5.64. The summed E-state index contributed by atoms with van der Waals surface area (Å²) in [7, 11) is 0. The number of nitrogens with one attached hydrogen (secondary N) is 2. The van der Waals surface area contributed by atoms with Gasteiger partial charge in [0.25, 0.3) is 11.6 Å². The fourth-order valence-electron chi connectivity index (χ4n) is 2.74. The number of nitrogens with zero attached hydrogens (tertiary/aromatic N) is 1. The molecule has 0 saturated heterocycles. The number of carbonyl (C=O) groups is 1. The number of nitro benzene ring substituents is 1. The van der Waals surface area contributed by atoms with Crippen molar-refractivity contribution >= 4 is 23.0 Å². The average Bonchev–Trinajstić information content (AvgIpc) is 2.69.